The molecule has 6 heteroatoms. The fourth-order valence-electron chi connectivity index (χ4n) is 2.57. The van der Waals surface area contributed by atoms with Crippen LogP contribution in [0.25, 0.3) is 11.0 Å². The first-order chi connectivity index (χ1) is 10.1. The number of imidazole rings is 1. The number of carboxylic acid groups (broad SMARTS) is 1. The highest BCUT2D eigenvalue weighted by Gasteiger charge is 2.30. The zero-order valence-corrected chi connectivity index (χ0v) is 12.1. The molecule has 2 aromatic rings. The lowest BCUT2D eigenvalue weighted by Crippen LogP contribution is -2.07. The smallest absolute Gasteiger partial charge is 0.305 e. The highest BCUT2D eigenvalue weighted by atomic mass is 16.5. The van der Waals surface area contributed by atoms with Gasteiger partial charge in [-0.2, -0.15) is 0 Å². The first-order valence-corrected chi connectivity index (χ1v) is 6.98. The lowest BCUT2D eigenvalue weighted by Gasteiger charge is -2.10. The van der Waals surface area contributed by atoms with E-state index < -0.39 is 5.97 Å². The highest BCUT2D eigenvalue weighted by Crippen LogP contribution is 2.42. The first-order valence-electron chi connectivity index (χ1n) is 6.98. The van der Waals surface area contributed by atoms with E-state index in [0.717, 1.165) is 29.7 Å². The molecule has 6 nitrogen and oxygen atoms in total. The monoisotopic (exact) mass is 290 g/mol. The molecule has 1 saturated carbocycles. The summed E-state index contributed by atoms with van der Waals surface area (Å²) in [6, 6.07) is 3.71. The summed E-state index contributed by atoms with van der Waals surface area (Å²) in [7, 11) is 3.18. The Morgan fingerprint density at radius 2 is 2.00 bits per heavy atom. The van der Waals surface area contributed by atoms with Crippen molar-refractivity contribution in [2.75, 3.05) is 14.2 Å². The van der Waals surface area contributed by atoms with Crippen molar-refractivity contribution in [2.24, 2.45) is 0 Å². The van der Waals surface area contributed by atoms with Crippen molar-refractivity contribution in [1.29, 1.82) is 0 Å². The van der Waals surface area contributed by atoms with Crippen LogP contribution in [0.15, 0.2) is 12.1 Å². The normalized spacial score (nSPS) is 14.4. The van der Waals surface area contributed by atoms with Gasteiger partial charge in [-0.05, 0) is 12.8 Å². The van der Waals surface area contributed by atoms with Crippen LogP contribution in [0, 0.1) is 0 Å². The fraction of sp³-hybridized carbons (Fsp3) is 0.467. The van der Waals surface area contributed by atoms with Gasteiger partial charge in [0.05, 0.1) is 31.7 Å². The van der Waals surface area contributed by atoms with Gasteiger partial charge in [-0.3, -0.25) is 4.79 Å². The van der Waals surface area contributed by atoms with E-state index in [1.807, 2.05) is 16.7 Å². The Kier molecular flexibility index (Phi) is 3.45. The van der Waals surface area contributed by atoms with E-state index in [4.69, 9.17) is 14.6 Å². The van der Waals surface area contributed by atoms with Gasteiger partial charge in [-0.1, -0.05) is 0 Å². The van der Waals surface area contributed by atoms with E-state index >= 15 is 0 Å². The van der Waals surface area contributed by atoms with E-state index in [1.165, 1.54) is 0 Å². The Hall–Kier alpha value is -2.24. The number of hydrogen-bond acceptors (Lipinski definition) is 4. The van der Waals surface area contributed by atoms with Crippen molar-refractivity contribution in [3.63, 3.8) is 0 Å². The van der Waals surface area contributed by atoms with Crippen molar-refractivity contribution >= 4 is 17.0 Å². The third kappa shape index (κ3) is 2.53. The predicted molar refractivity (Wildman–Crippen MR) is 77.1 cm³/mol. The van der Waals surface area contributed by atoms with E-state index in [0.29, 0.717) is 24.0 Å². The molecule has 1 N–H and O–H groups in total. The summed E-state index contributed by atoms with van der Waals surface area (Å²) in [6.45, 7) is 0.424. The standard InChI is InChI=1S/C15H18N2O4/c1-20-12-7-10-11(8-13(12)21-2)17(6-5-14(18)19)15(16-10)9-3-4-9/h7-9H,3-6H2,1-2H3,(H,18,19). The highest BCUT2D eigenvalue weighted by molar-refractivity contribution is 5.81. The molecule has 0 aliphatic heterocycles. The average Bonchev–Trinajstić information content (AvgIpc) is 3.25. The minimum Gasteiger partial charge on any atom is -0.493 e. The number of benzene rings is 1. The number of fused-ring (bicyclic) bond motifs is 1. The second-order valence-corrected chi connectivity index (χ2v) is 5.24. The van der Waals surface area contributed by atoms with E-state index in [2.05, 4.69) is 4.98 Å². The van der Waals surface area contributed by atoms with Crippen LogP contribution in [-0.2, 0) is 11.3 Å². The van der Waals surface area contributed by atoms with Crippen molar-refractivity contribution in [3.05, 3.63) is 18.0 Å². The van der Waals surface area contributed by atoms with Gasteiger partial charge in [0.1, 0.15) is 5.82 Å². The van der Waals surface area contributed by atoms with Crippen molar-refractivity contribution in [2.45, 2.75) is 31.7 Å². The Morgan fingerprint density at radius 3 is 2.57 bits per heavy atom. The maximum absolute atomic E-state index is 10.9. The number of hydrogen-bond donors (Lipinski definition) is 1. The van der Waals surface area contributed by atoms with Gasteiger partial charge in [0, 0.05) is 24.6 Å². The molecule has 1 aliphatic rings. The lowest BCUT2D eigenvalue weighted by molar-refractivity contribution is -0.137. The van der Waals surface area contributed by atoms with Gasteiger partial charge in [0.25, 0.3) is 0 Å². The van der Waals surface area contributed by atoms with Crippen molar-refractivity contribution < 1.29 is 19.4 Å². The van der Waals surface area contributed by atoms with Crippen LogP contribution in [0.3, 0.4) is 0 Å². The maximum Gasteiger partial charge on any atom is 0.305 e. The van der Waals surface area contributed by atoms with E-state index in [9.17, 15) is 4.79 Å². The van der Waals surface area contributed by atoms with Crippen LogP contribution in [0.4, 0.5) is 0 Å². The third-order valence-corrected chi connectivity index (χ3v) is 3.77. The van der Waals surface area contributed by atoms with Gasteiger partial charge in [0.2, 0.25) is 0 Å². The second-order valence-electron chi connectivity index (χ2n) is 5.24. The number of carboxylic acids is 1. The zero-order valence-electron chi connectivity index (χ0n) is 12.1. The molecule has 21 heavy (non-hydrogen) atoms. The summed E-state index contributed by atoms with van der Waals surface area (Å²) in [4.78, 5) is 15.5. The third-order valence-electron chi connectivity index (χ3n) is 3.77. The van der Waals surface area contributed by atoms with Crippen LogP contribution in [0.1, 0.15) is 31.0 Å². The van der Waals surface area contributed by atoms with Gasteiger partial charge in [-0.25, -0.2) is 4.98 Å². The number of methoxy groups -OCH3 is 2. The van der Waals surface area contributed by atoms with E-state index in [-0.39, 0.29) is 6.42 Å². The Bertz CT molecular complexity index is 689. The van der Waals surface area contributed by atoms with Crippen LogP contribution in [-0.4, -0.2) is 34.8 Å². The largest absolute Gasteiger partial charge is 0.493 e. The van der Waals surface area contributed by atoms with Crippen LogP contribution in [0.2, 0.25) is 0 Å². The van der Waals surface area contributed by atoms with Crippen molar-refractivity contribution in [1.82, 2.24) is 9.55 Å². The Labute approximate surface area is 122 Å². The number of rotatable bonds is 6. The van der Waals surface area contributed by atoms with Gasteiger partial charge in [0.15, 0.2) is 11.5 Å². The number of ether oxygens (including phenoxy) is 2. The molecular formula is C15H18N2O4. The topological polar surface area (TPSA) is 73.6 Å². The summed E-state index contributed by atoms with van der Waals surface area (Å²) in [5.41, 5.74) is 1.72. The maximum atomic E-state index is 10.9. The minimum absolute atomic E-state index is 0.0829. The summed E-state index contributed by atoms with van der Waals surface area (Å²) >= 11 is 0. The van der Waals surface area contributed by atoms with Gasteiger partial charge in [-0.15, -0.1) is 0 Å². The average molecular weight is 290 g/mol. The number of nitrogens with zero attached hydrogens (tertiary/aromatic N) is 2. The molecule has 1 aromatic heterocycles. The number of aliphatic carboxylic acids is 1. The molecule has 0 atom stereocenters. The molecular weight excluding hydrogens is 272 g/mol. The van der Waals surface area contributed by atoms with E-state index in [1.54, 1.807) is 14.2 Å². The van der Waals surface area contributed by atoms with Crippen LogP contribution in [0.5, 0.6) is 11.5 Å². The Balaban J connectivity index is 2.11. The molecule has 0 amide bonds. The number of carbonyl (C=O) groups is 1. The molecule has 3 rings (SSSR count). The summed E-state index contributed by atoms with van der Waals surface area (Å²) in [6.07, 6.45) is 2.31. The van der Waals surface area contributed by atoms with Crippen LogP contribution < -0.4 is 9.47 Å². The quantitative estimate of drug-likeness (QED) is 0.884. The first kappa shape index (κ1) is 13.7. The molecule has 0 unspecified atom stereocenters. The molecule has 1 heterocycles. The zero-order chi connectivity index (χ0) is 15.0. The van der Waals surface area contributed by atoms with Crippen LogP contribution >= 0.6 is 0 Å². The second kappa shape index (κ2) is 5.27. The SMILES string of the molecule is COc1cc2nc(C3CC3)n(CCC(=O)O)c2cc1OC. The summed E-state index contributed by atoms with van der Waals surface area (Å²) in [5.74, 6) is 1.88. The molecule has 0 spiro atoms. The Morgan fingerprint density at radius 1 is 1.33 bits per heavy atom. The molecule has 0 saturated heterocycles. The molecule has 112 valence electrons. The lowest BCUT2D eigenvalue weighted by atomic mass is 10.2. The summed E-state index contributed by atoms with van der Waals surface area (Å²) in [5, 5.41) is 8.93. The fourth-order valence-corrected chi connectivity index (χ4v) is 2.57. The molecule has 0 bridgehead atoms. The molecule has 1 aliphatic carbocycles. The molecule has 1 aromatic carbocycles. The van der Waals surface area contributed by atoms with Gasteiger partial charge < -0.3 is 19.1 Å². The number of aryl methyl sites for hydroxylation is 1. The molecule has 1 fully saturated rings. The number of aromatic nitrogens is 2. The molecule has 0 radical (unpaired) electrons. The van der Waals surface area contributed by atoms with Crippen molar-refractivity contribution in [3.8, 4) is 11.5 Å². The minimum atomic E-state index is -0.806. The predicted octanol–water partition coefficient (Wildman–Crippen LogP) is 2.41. The van der Waals surface area contributed by atoms with Gasteiger partial charge >= 0.3 is 5.97 Å². The summed E-state index contributed by atoms with van der Waals surface area (Å²) < 4.78 is 12.6.